The number of aromatic nitrogens is 2. The minimum Gasteiger partial charge on any atom is -0.507 e. The lowest BCUT2D eigenvalue weighted by Gasteiger charge is -2.24. The van der Waals surface area contributed by atoms with Crippen LogP contribution < -0.4 is 11.1 Å². The third kappa shape index (κ3) is 2.83. The van der Waals surface area contributed by atoms with Crippen molar-refractivity contribution in [1.82, 2.24) is 9.97 Å². The Balaban J connectivity index is 2.02. The highest BCUT2D eigenvalue weighted by atomic mass is 16.3. The van der Waals surface area contributed by atoms with E-state index < -0.39 is 0 Å². The predicted octanol–water partition coefficient (Wildman–Crippen LogP) is 2.49. The Morgan fingerprint density at radius 2 is 2.10 bits per heavy atom. The molecule has 0 atom stereocenters. The molecular weight excluding hydrogens is 264 g/mol. The van der Waals surface area contributed by atoms with Crippen LogP contribution in [0.25, 0.3) is 11.3 Å². The molecule has 1 heterocycles. The Bertz CT molecular complexity index is 625. The van der Waals surface area contributed by atoms with Crippen LogP contribution in [0.4, 0.5) is 5.69 Å². The van der Waals surface area contributed by atoms with Gasteiger partial charge >= 0.3 is 0 Å². The van der Waals surface area contributed by atoms with Gasteiger partial charge in [-0.1, -0.05) is 18.6 Å². The van der Waals surface area contributed by atoms with Crippen molar-refractivity contribution in [3.63, 3.8) is 0 Å². The fraction of sp³-hybridized carbons (Fsp3) is 0.375. The second kappa shape index (κ2) is 6.10. The zero-order valence-electron chi connectivity index (χ0n) is 11.9. The lowest BCUT2D eigenvalue weighted by atomic mass is 9.85. The van der Waals surface area contributed by atoms with E-state index >= 15 is 0 Å². The second-order valence-electron chi connectivity index (χ2n) is 5.35. The minimum absolute atomic E-state index is 0.228. The van der Waals surface area contributed by atoms with Gasteiger partial charge < -0.3 is 16.2 Å². The molecule has 1 saturated carbocycles. The van der Waals surface area contributed by atoms with Crippen LogP contribution in [0.5, 0.6) is 5.75 Å². The van der Waals surface area contributed by atoms with Crippen molar-refractivity contribution >= 4 is 5.69 Å². The molecule has 0 bridgehead atoms. The smallest absolute Gasteiger partial charge is 0.132 e. The maximum absolute atomic E-state index is 10.1. The number of hydrogen-bond acceptors (Lipinski definition) is 5. The molecule has 1 fully saturated rings. The van der Waals surface area contributed by atoms with Crippen LogP contribution in [0.3, 0.4) is 0 Å². The van der Waals surface area contributed by atoms with Crippen LogP contribution in [-0.2, 0) is 0 Å². The van der Waals surface area contributed by atoms with E-state index in [-0.39, 0.29) is 5.75 Å². The normalized spacial score (nSPS) is 14.7. The van der Waals surface area contributed by atoms with Crippen molar-refractivity contribution < 1.29 is 5.11 Å². The number of phenolic OH excluding ortho intramolecular Hbond substituents is 1. The lowest BCUT2D eigenvalue weighted by Crippen LogP contribution is -2.16. The molecule has 3 rings (SSSR count). The van der Waals surface area contributed by atoms with Gasteiger partial charge in [0.25, 0.3) is 0 Å². The summed E-state index contributed by atoms with van der Waals surface area (Å²) in [6.45, 7) is 1.18. The van der Waals surface area contributed by atoms with Gasteiger partial charge in [0.1, 0.15) is 17.3 Å². The first-order valence-electron chi connectivity index (χ1n) is 7.39. The maximum Gasteiger partial charge on any atom is 0.132 e. The van der Waals surface area contributed by atoms with E-state index in [0.717, 1.165) is 35.6 Å². The Kier molecular flexibility index (Phi) is 4.01. The SMILES string of the molecule is NCCNc1cnc(C2CCC2)nc1-c1ccccc1O. The number of nitrogens with one attached hydrogen (secondary N) is 1. The van der Waals surface area contributed by atoms with Gasteiger partial charge in [0, 0.05) is 24.6 Å². The molecule has 1 aromatic carbocycles. The quantitative estimate of drug-likeness (QED) is 0.785. The molecule has 1 aliphatic rings. The van der Waals surface area contributed by atoms with Crippen molar-refractivity contribution in [3.8, 4) is 17.0 Å². The molecular formula is C16H20N4O. The zero-order valence-corrected chi connectivity index (χ0v) is 11.9. The van der Waals surface area contributed by atoms with E-state index in [9.17, 15) is 5.11 Å². The molecule has 2 aromatic rings. The molecule has 0 aliphatic heterocycles. The van der Waals surface area contributed by atoms with Crippen LogP contribution in [0.2, 0.25) is 0 Å². The van der Waals surface area contributed by atoms with E-state index in [1.54, 1.807) is 18.3 Å². The van der Waals surface area contributed by atoms with Gasteiger partial charge in [-0.05, 0) is 25.0 Å². The van der Waals surface area contributed by atoms with Crippen LogP contribution >= 0.6 is 0 Å². The van der Waals surface area contributed by atoms with E-state index in [1.807, 2.05) is 12.1 Å². The molecule has 0 saturated heterocycles. The van der Waals surface area contributed by atoms with Crippen LogP contribution in [0.1, 0.15) is 31.0 Å². The summed E-state index contributed by atoms with van der Waals surface area (Å²) in [4.78, 5) is 9.18. The summed E-state index contributed by atoms with van der Waals surface area (Å²) in [6.07, 6.45) is 5.34. The molecule has 0 unspecified atom stereocenters. The fourth-order valence-corrected chi connectivity index (χ4v) is 2.47. The highest BCUT2D eigenvalue weighted by Crippen LogP contribution is 2.37. The van der Waals surface area contributed by atoms with Crippen LogP contribution in [-0.4, -0.2) is 28.2 Å². The molecule has 21 heavy (non-hydrogen) atoms. The highest BCUT2D eigenvalue weighted by molar-refractivity contribution is 5.77. The minimum atomic E-state index is 0.228. The topological polar surface area (TPSA) is 84.1 Å². The predicted molar refractivity (Wildman–Crippen MR) is 83.3 cm³/mol. The highest BCUT2D eigenvalue weighted by Gasteiger charge is 2.24. The van der Waals surface area contributed by atoms with Crippen molar-refractivity contribution in [1.29, 1.82) is 0 Å². The van der Waals surface area contributed by atoms with Gasteiger partial charge in [-0.3, -0.25) is 0 Å². The fourth-order valence-electron chi connectivity index (χ4n) is 2.47. The van der Waals surface area contributed by atoms with Gasteiger partial charge in [0.05, 0.1) is 11.9 Å². The molecule has 5 nitrogen and oxygen atoms in total. The molecule has 1 aromatic heterocycles. The molecule has 5 heteroatoms. The molecule has 0 radical (unpaired) electrons. The van der Waals surface area contributed by atoms with Crippen molar-refractivity contribution in [2.24, 2.45) is 5.73 Å². The van der Waals surface area contributed by atoms with E-state index in [1.165, 1.54) is 6.42 Å². The monoisotopic (exact) mass is 284 g/mol. The van der Waals surface area contributed by atoms with Crippen molar-refractivity contribution in [2.75, 3.05) is 18.4 Å². The number of benzene rings is 1. The summed E-state index contributed by atoms with van der Waals surface area (Å²) in [5.74, 6) is 1.56. The van der Waals surface area contributed by atoms with Crippen LogP contribution in [0.15, 0.2) is 30.5 Å². The van der Waals surface area contributed by atoms with Gasteiger partial charge in [0.15, 0.2) is 0 Å². The second-order valence-corrected chi connectivity index (χ2v) is 5.35. The first kappa shape index (κ1) is 13.8. The zero-order chi connectivity index (χ0) is 14.7. The van der Waals surface area contributed by atoms with E-state index in [4.69, 9.17) is 10.7 Å². The number of anilines is 1. The molecule has 110 valence electrons. The number of nitrogens with zero attached hydrogens (tertiary/aromatic N) is 2. The van der Waals surface area contributed by atoms with E-state index in [2.05, 4.69) is 10.3 Å². The van der Waals surface area contributed by atoms with Crippen molar-refractivity contribution in [3.05, 3.63) is 36.3 Å². The van der Waals surface area contributed by atoms with Gasteiger partial charge in [-0.2, -0.15) is 0 Å². The number of para-hydroxylation sites is 1. The molecule has 1 aliphatic carbocycles. The summed E-state index contributed by atoms with van der Waals surface area (Å²) in [5, 5.41) is 13.3. The lowest BCUT2D eigenvalue weighted by molar-refractivity contribution is 0.401. The maximum atomic E-state index is 10.1. The van der Waals surface area contributed by atoms with Crippen molar-refractivity contribution in [2.45, 2.75) is 25.2 Å². The Hall–Kier alpha value is -2.14. The molecule has 4 N–H and O–H groups in total. The summed E-state index contributed by atoms with van der Waals surface area (Å²) in [7, 11) is 0. The summed E-state index contributed by atoms with van der Waals surface area (Å²) in [5.41, 5.74) is 7.83. The standard InChI is InChI=1S/C16H20N4O/c17-8-9-18-13-10-19-16(11-4-3-5-11)20-15(13)12-6-1-2-7-14(12)21/h1-2,6-7,10-11,18,21H,3-5,8-9,17H2. The first-order valence-corrected chi connectivity index (χ1v) is 7.39. The first-order chi connectivity index (χ1) is 10.3. The third-order valence-electron chi connectivity index (χ3n) is 3.90. The van der Waals surface area contributed by atoms with Gasteiger partial charge in [-0.15, -0.1) is 0 Å². The third-order valence-corrected chi connectivity index (χ3v) is 3.90. The number of rotatable bonds is 5. The Morgan fingerprint density at radius 1 is 1.29 bits per heavy atom. The summed E-state index contributed by atoms with van der Waals surface area (Å²) < 4.78 is 0. The summed E-state index contributed by atoms with van der Waals surface area (Å²) in [6, 6.07) is 7.25. The average molecular weight is 284 g/mol. The Morgan fingerprint density at radius 3 is 2.76 bits per heavy atom. The molecule has 0 spiro atoms. The number of phenols is 1. The molecule has 0 amide bonds. The summed E-state index contributed by atoms with van der Waals surface area (Å²) >= 11 is 0. The number of nitrogens with two attached hydrogens (primary N) is 1. The largest absolute Gasteiger partial charge is 0.507 e. The van der Waals surface area contributed by atoms with Crippen LogP contribution in [0, 0.1) is 0 Å². The van der Waals surface area contributed by atoms with Gasteiger partial charge in [0.2, 0.25) is 0 Å². The number of aromatic hydroxyl groups is 1. The number of hydrogen-bond donors (Lipinski definition) is 3. The average Bonchev–Trinajstić information content (AvgIpc) is 2.44. The van der Waals surface area contributed by atoms with E-state index in [0.29, 0.717) is 19.0 Å². The Labute approximate surface area is 124 Å². The van der Waals surface area contributed by atoms with Gasteiger partial charge in [-0.25, -0.2) is 9.97 Å².